The fourth-order valence-corrected chi connectivity index (χ4v) is 10.7. The smallest absolute Gasteiger partial charge is 0.0437 e. The first kappa shape index (κ1) is 22.2. The van der Waals surface area contributed by atoms with Crippen molar-refractivity contribution in [2.75, 3.05) is 0 Å². The van der Waals surface area contributed by atoms with E-state index in [4.69, 9.17) is 0 Å². The fraction of sp³-hybridized carbons (Fsp3) is 0.405. The van der Waals surface area contributed by atoms with E-state index in [0.29, 0.717) is 11.8 Å². The van der Waals surface area contributed by atoms with Crippen molar-refractivity contribution in [1.29, 1.82) is 0 Å². The molecule has 0 bridgehead atoms. The minimum Gasteiger partial charge on any atom is -0.0437 e. The van der Waals surface area contributed by atoms with Gasteiger partial charge >= 0.3 is 0 Å². The van der Waals surface area contributed by atoms with Crippen molar-refractivity contribution in [3.8, 4) is 0 Å². The van der Waals surface area contributed by atoms with E-state index in [9.17, 15) is 0 Å². The highest BCUT2D eigenvalue weighted by molar-refractivity contribution is 5.92. The summed E-state index contributed by atoms with van der Waals surface area (Å²) in [4.78, 5) is 0. The number of rotatable bonds is 0. The van der Waals surface area contributed by atoms with Crippen LogP contribution in [0, 0.1) is 17.3 Å². The normalized spacial score (nSPS) is 33.4. The summed E-state index contributed by atoms with van der Waals surface area (Å²) in [5.74, 6) is 0.838. The second-order valence-corrected chi connectivity index (χ2v) is 13.1. The maximum absolute atomic E-state index is 2.44. The Morgan fingerprint density at radius 2 is 0.595 bits per heavy atom. The van der Waals surface area contributed by atoms with Crippen LogP contribution in [0.2, 0.25) is 0 Å². The average Bonchev–Trinajstić information content (AvgIpc) is 3.48. The molecule has 0 aromatic carbocycles. The molecule has 0 aromatic rings. The number of hydrogen-bond acceptors (Lipinski definition) is 0. The Morgan fingerprint density at radius 1 is 0.297 bits per heavy atom. The summed E-state index contributed by atoms with van der Waals surface area (Å²) in [6, 6.07) is 0. The highest BCUT2D eigenvalue weighted by atomic mass is 14.7. The lowest BCUT2D eigenvalue weighted by Gasteiger charge is -2.60. The molecule has 8 aliphatic carbocycles. The topological polar surface area (TPSA) is 0 Å². The van der Waals surface area contributed by atoms with Gasteiger partial charge in [0.2, 0.25) is 0 Å². The second-order valence-electron chi connectivity index (χ2n) is 13.1. The summed E-state index contributed by atoms with van der Waals surface area (Å²) in [5, 5.41) is 0. The molecule has 0 N–H and O–H groups in total. The van der Waals surface area contributed by atoms with E-state index in [1.807, 2.05) is 0 Å². The largest absolute Gasteiger partial charge is 0.0446 e. The van der Waals surface area contributed by atoms with Gasteiger partial charge in [0.1, 0.15) is 0 Å². The van der Waals surface area contributed by atoms with Crippen LogP contribution in [0.25, 0.3) is 0 Å². The maximum Gasteiger partial charge on any atom is 0.0446 e. The van der Waals surface area contributed by atoms with Gasteiger partial charge in [-0.2, -0.15) is 0 Å². The van der Waals surface area contributed by atoms with Gasteiger partial charge in [-0.3, -0.25) is 0 Å². The SMILES string of the molecule is CC1=C(C)C2=C3C1=C(C)C1=C(C)C(C)=C4C(C)=C5C(C)=C(C)C6=C5C3(C14)C1C(=C2C)C(C)=C(C)C1=C6C. The molecule has 0 nitrogen and oxygen atoms in total. The minimum atomic E-state index is -0.0429. The van der Waals surface area contributed by atoms with Gasteiger partial charge < -0.3 is 0 Å². The highest BCUT2D eigenvalue weighted by Crippen LogP contribution is 2.80. The standard InChI is InChI=1S/C37H38/c1-13-14(2)26-22(10)28-17(5)18(6)30-24(12)32-20(8)19(7)31-23(11)29-16(4)15(3)27-21(9)25(13)33(26)37(34(27)29,35(28)30)36(31)32/h33,36H,1-12H3. The predicted molar refractivity (Wildman–Crippen MR) is 155 cm³/mol. The number of hydrogen-bond donors (Lipinski definition) is 0. The molecule has 0 heteroatoms. The summed E-state index contributed by atoms with van der Waals surface area (Å²) in [7, 11) is 0. The van der Waals surface area contributed by atoms with Gasteiger partial charge in [0.05, 0.1) is 0 Å². The highest BCUT2D eigenvalue weighted by Gasteiger charge is 2.69. The van der Waals surface area contributed by atoms with Gasteiger partial charge in [0, 0.05) is 17.3 Å². The van der Waals surface area contributed by atoms with Crippen LogP contribution in [-0.4, -0.2) is 0 Å². The molecular weight excluding hydrogens is 444 g/mol. The zero-order chi connectivity index (χ0) is 26.4. The molecule has 0 radical (unpaired) electrons. The van der Waals surface area contributed by atoms with Crippen molar-refractivity contribution >= 4 is 0 Å². The van der Waals surface area contributed by atoms with E-state index in [2.05, 4.69) is 83.1 Å². The molecule has 37 heavy (non-hydrogen) atoms. The van der Waals surface area contributed by atoms with Gasteiger partial charge in [-0.1, -0.05) is 0 Å². The summed E-state index contributed by atoms with van der Waals surface area (Å²) in [5.41, 5.74) is 34.7. The maximum atomic E-state index is 2.44. The van der Waals surface area contributed by atoms with Crippen LogP contribution in [0.4, 0.5) is 0 Å². The molecule has 0 heterocycles. The molecule has 0 aromatic heterocycles. The van der Waals surface area contributed by atoms with Crippen LogP contribution in [0.15, 0.2) is 123 Å². The van der Waals surface area contributed by atoms with E-state index in [-0.39, 0.29) is 5.41 Å². The third-order valence-electron chi connectivity index (χ3n) is 12.4. The quantitative estimate of drug-likeness (QED) is 0.322. The summed E-state index contributed by atoms with van der Waals surface area (Å²) < 4.78 is 0. The van der Waals surface area contributed by atoms with Crippen molar-refractivity contribution in [3.05, 3.63) is 123 Å². The Balaban J connectivity index is 1.71. The zero-order valence-corrected chi connectivity index (χ0v) is 24.7. The van der Waals surface area contributed by atoms with Crippen LogP contribution in [-0.2, 0) is 0 Å². The van der Waals surface area contributed by atoms with E-state index in [1.165, 1.54) is 44.6 Å². The van der Waals surface area contributed by atoms with Crippen molar-refractivity contribution in [2.24, 2.45) is 17.3 Å². The van der Waals surface area contributed by atoms with Gasteiger partial charge in [0.15, 0.2) is 0 Å². The molecule has 0 unspecified atom stereocenters. The van der Waals surface area contributed by atoms with Crippen molar-refractivity contribution < 1.29 is 0 Å². The Labute approximate surface area is 222 Å². The third kappa shape index (κ3) is 1.81. The molecule has 0 saturated carbocycles. The molecule has 0 saturated heterocycles. The van der Waals surface area contributed by atoms with Gasteiger partial charge in [0.25, 0.3) is 0 Å². The summed E-state index contributed by atoms with van der Waals surface area (Å²) in [6.07, 6.45) is 0. The molecule has 0 fully saturated rings. The molecule has 0 amide bonds. The van der Waals surface area contributed by atoms with Crippen LogP contribution in [0.3, 0.4) is 0 Å². The lowest BCUT2D eigenvalue weighted by atomic mass is 9.41. The summed E-state index contributed by atoms with van der Waals surface area (Å²) >= 11 is 0. The van der Waals surface area contributed by atoms with Crippen LogP contribution in [0.1, 0.15) is 83.1 Å². The minimum absolute atomic E-state index is 0.0429. The lowest BCUT2D eigenvalue weighted by Crippen LogP contribution is -2.52. The van der Waals surface area contributed by atoms with Crippen LogP contribution >= 0.6 is 0 Å². The molecule has 186 valence electrons. The first-order valence-electron chi connectivity index (χ1n) is 14.2. The molecular formula is C37H38. The van der Waals surface area contributed by atoms with Gasteiger partial charge in [-0.25, -0.2) is 0 Å². The molecule has 1 spiro atoms. The molecule has 8 rings (SSSR count). The summed E-state index contributed by atoms with van der Waals surface area (Å²) in [6.45, 7) is 29.1. The average molecular weight is 483 g/mol. The zero-order valence-electron chi connectivity index (χ0n) is 24.7. The second kappa shape index (κ2) is 6.06. The van der Waals surface area contributed by atoms with Gasteiger partial charge in [-0.05, 0) is 206 Å². The third-order valence-corrected chi connectivity index (χ3v) is 12.4. The first-order valence-corrected chi connectivity index (χ1v) is 14.2. The first-order chi connectivity index (χ1) is 17.4. The van der Waals surface area contributed by atoms with Crippen LogP contribution < -0.4 is 0 Å². The van der Waals surface area contributed by atoms with Crippen molar-refractivity contribution in [3.63, 3.8) is 0 Å². The number of allylic oxidation sites excluding steroid dienone is 22. The van der Waals surface area contributed by atoms with Gasteiger partial charge in [-0.15, -0.1) is 0 Å². The predicted octanol–water partition coefficient (Wildman–Crippen LogP) is 9.82. The fourth-order valence-electron chi connectivity index (χ4n) is 10.7. The Kier molecular flexibility index (Phi) is 3.63. The van der Waals surface area contributed by atoms with E-state index >= 15 is 0 Å². The Bertz CT molecular complexity index is 1660. The lowest BCUT2D eigenvalue weighted by molar-refractivity contribution is 0.257. The van der Waals surface area contributed by atoms with Crippen molar-refractivity contribution in [2.45, 2.75) is 83.1 Å². The Hall–Kier alpha value is -2.86. The van der Waals surface area contributed by atoms with E-state index in [0.717, 1.165) is 0 Å². The van der Waals surface area contributed by atoms with E-state index < -0.39 is 0 Å². The van der Waals surface area contributed by atoms with Crippen molar-refractivity contribution in [1.82, 2.24) is 0 Å². The Morgan fingerprint density at radius 3 is 0.946 bits per heavy atom. The van der Waals surface area contributed by atoms with Crippen LogP contribution in [0.5, 0.6) is 0 Å². The monoisotopic (exact) mass is 482 g/mol. The van der Waals surface area contributed by atoms with E-state index in [1.54, 1.807) is 78.0 Å². The molecule has 8 aliphatic rings. The molecule has 0 aliphatic heterocycles. The molecule has 0 atom stereocenters.